The van der Waals surface area contributed by atoms with Gasteiger partial charge < -0.3 is 9.64 Å². The minimum absolute atomic E-state index is 0.0858. The molecule has 1 aromatic carbocycles. The molecule has 0 radical (unpaired) electrons. The van der Waals surface area contributed by atoms with Gasteiger partial charge in [-0.1, -0.05) is 24.3 Å². The van der Waals surface area contributed by atoms with E-state index in [0.29, 0.717) is 46.7 Å². The van der Waals surface area contributed by atoms with Gasteiger partial charge >= 0.3 is 0 Å². The lowest BCUT2D eigenvalue weighted by molar-refractivity contribution is -0.894. The maximum Gasteiger partial charge on any atom is 0.249 e. The Morgan fingerprint density at radius 2 is 1.86 bits per heavy atom. The van der Waals surface area contributed by atoms with Gasteiger partial charge in [0.1, 0.15) is 6.54 Å². The van der Waals surface area contributed by atoms with E-state index < -0.39 is 0 Å². The maximum absolute atomic E-state index is 13.4. The predicted octanol–water partition coefficient (Wildman–Crippen LogP) is 2.02. The van der Waals surface area contributed by atoms with Gasteiger partial charge in [0.05, 0.1) is 32.1 Å². The summed E-state index contributed by atoms with van der Waals surface area (Å²) in [6.07, 6.45) is 4.82. The van der Waals surface area contributed by atoms with E-state index in [-0.39, 0.29) is 17.7 Å². The van der Waals surface area contributed by atoms with E-state index in [4.69, 9.17) is 4.74 Å². The number of benzene rings is 1. The van der Waals surface area contributed by atoms with Crippen molar-refractivity contribution in [1.29, 1.82) is 0 Å². The minimum Gasteiger partial charge on any atom is -0.379 e. The van der Waals surface area contributed by atoms with E-state index in [2.05, 4.69) is 9.97 Å². The van der Waals surface area contributed by atoms with Crippen LogP contribution in [-0.4, -0.2) is 64.4 Å². The average molecular weight is 379 g/mol. The number of nitrogens with zero attached hydrogens (tertiary/aromatic N) is 4. The zero-order valence-corrected chi connectivity index (χ0v) is 16.3. The molecule has 2 aliphatic rings. The highest BCUT2D eigenvalue weighted by molar-refractivity contribution is 6.26. The van der Waals surface area contributed by atoms with Crippen LogP contribution in [0.3, 0.4) is 0 Å². The molecule has 1 aliphatic carbocycles. The van der Waals surface area contributed by atoms with Gasteiger partial charge in [-0.15, -0.1) is 0 Å². The number of hydrogen-bond acceptors (Lipinski definition) is 6. The largest absolute Gasteiger partial charge is 0.379 e. The molecule has 4 rings (SSSR count). The van der Waals surface area contributed by atoms with E-state index in [1.54, 1.807) is 50.0 Å². The van der Waals surface area contributed by atoms with Gasteiger partial charge in [0.15, 0.2) is 11.9 Å². The predicted molar refractivity (Wildman–Crippen MR) is 102 cm³/mol. The third-order valence-electron chi connectivity index (χ3n) is 5.85. The van der Waals surface area contributed by atoms with Gasteiger partial charge in [0, 0.05) is 37.6 Å². The molecule has 2 aromatic rings. The molecule has 7 heteroatoms. The minimum atomic E-state index is -0.121. The topological polar surface area (TPSA) is 72.4 Å². The first-order chi connectivity index (χ1) is 13.5. The summed E-state index contributed by atoms with van der Waals surface area (Å²) in [4.78, 5) is 37.3. The Morgan fingerprint density at radius 1 is 1.14 bits per heavy atom. The Hall–Kier alpha value is -2.90. The van der Waals surface area contributed by atoms with Crippen molar-refractivity contribution in [3.05, 3.63) is 71.1 Å². The van der Waals surface area contributed by atoms with Crippen LogP contribution in [0.25, 0.3) is 0 Å². The number of carbonyl (C=O) groups excluding carboxylic acids is 2. The Morgan fingerprint density at radius 3 is 2.50 bits per heavy atom. The SMILES string of the molecule is COCC[N+]1(C)C2=C(C(=O)c3ccccc3C2=O)N(Cc2cnccn2)C1C. The van der Waals surface area contributed by atoms with Crippen LogP contribution in [0.4, 0.5) is 0 Å². The van der Waals surface area contributed by atoms with Gasteiger partial charge in [-0.3, -0.25) is 24.0 Å². The highest BCUT2D eigenvalue weighted by Crippen LogP contribution is 2.42. The number of Topliss-reactive ketones (excluding diaryl/α,β-unsaturated/α-hetero) is 2. The van der Waals surface area contributed by atoms with Crippen molar-refractivity contribution in [2.24, 2.45) is 0 Å². The van der Waals surface area contributed by atoms with Crippen LogP contribution < -0.4 is 0 Å². The summed E-state index contributed by atoms with van der Waals surface area (Å²) in [5.41, 5.74) is 2.70. The number of quaternary nitrogens is 1. The fourth-order valence-corrected chi connectivity index (χ4v) is 4.15. The first-order valence-corrected chi connectivity index (χ1v) is 9.28. The summed E-state index contributed by atoms with van der Waals surface area (Å²) in [6, 6.07) is 7.04. The second kappa shape index (κ2) is 6.92. The third kappa shape index (κ3) is 2.66. The Kier molecular flexibility index (Phi) is 4.56. The summed E-state index contributed by atoms with van der Waals surface area (Å²) in [7, 11) is 3.64. The quantitative estimate of drug-likeness (QED) is 0.740. The van der Waals surface area contributed by atoms with Crippen LogP contribution in [0, 0.1) is 0 Å². The number of rotatable bonds is 5. The molecule has 2 unspecified atom stereocenters. The molecular formula is C21H23N4O3+. The molecule has 0 saturated carbocycles. The zero-order chi connectivity index (χ0) is 19.9. The van der Waals surface area contributed by atoms with Crippen LogP contribution >= 0.6 is 0 Å². The van der Waals surface area contributed by atoms with Crippen molar-refractivity contribution in [1.82, 2.24) is 14.9 Å². The molecule has 0 saturated heterocycles. The lowest BCUT2D eigenvalue weighted by Crippen LogP contribution is -2.54. The van der Waals surface area contributed by atoms with Crippen molar-refractivity contribution in [3.63, 3.8) is 0 Å². The van der Waals surface area contributed by atoms with Gasteiger partial charge in [-0.25, -0.2) is 0 Å². The van der Waals surface area contributed by atoms with E-state index in [1.807, 2.05) is 18.9 Å². The van der Waals surface area contributed by atoms with Crippen LogP contribution in [-0.2, 0) is 11.3 Å². The molecule has 0 bridgehead atoms. The third-order valence-corrected chi connectivity index (χ3v) is 5.85. The number of carbonyl (C=O) groups is 2. The first kappa shape index (κ1) is 18.5. The van der Waals surface area contributed by atoms with Crippen molar-refractivity contribution in [3.8, 4) is 0 Å². The number of likely N-dealkylation sites (N-methyl/N-ethyl adjacent to an activating group) is 1. The molecule has 0 fully saturated rings. The van der Waals surface area contributed by atoms with Gasteiger partial charge in [0.25, 0.3) is 0 Å². The molecule has 28 heavy (non-hydrogen) atoms. The molecule has 0 N–H and O–H groups in total. The lowest BCUT2D eigenvalue weighted by atomic mass is 9.89. The monoisotopic (exact) mass is 379 g/mol. The van der Waals surface area contributed by atoms with E-state index in [1.165, 1.54) is 0 Å². The number of methoxy groups -OCH3 is 1. The van der Waals surface area contributed by atoms with Crippen molar-refractivity contribution in [2.75, 3.05) is 27.3 Å². The zero-order valence-electron chi connectivity index (χ0n) is 16.3. The number of fused-ring (bicyclic) bond motifs is 1. The highest BCUT2D eigenvalue weighted by Gasteiger charge is 2.55. The Labute approximate surface area is 163 Å². The fraction of sp³-hybridized carbons (Fsp3) is 0.333. The van der Waals surface area contributed by atoms with E-state index in [9.17, 15) is 9.59 Å². The Bertz CT molecular complexity index is 973. The molecular weight excluding hydrogens is 356 g/mol. The van der Waals surface area contributed by atoms with Crippen molar-refractivity contribution in [2.45, 2.75) is 19.6 Å². The number of hydrogen-bond donors (Lipinski definition) is 0. The smallest absolute Gasteiger partial charge is 0.249 e. The number of ether oxygens (including phenoxy) is 1. The summed E-state index contributed by atoms with van der Waals surface area (Å²) in [6.45, 7) is 3.53. The number of ketones is 2. The second-order valence-electron chi connectivity index (χ2n) is 7.34. The summed E-state index contributed by atoms with van der Waals surface area (Å²) in [5, 5.41) is 0. The molecule has 2 heterocycles. The normalized spacial score (nSPS) is 23.8. The average Bonchev–Trinajstić information content (AvgIpc) is 2.94. The van der Waals surface area contributed by atoms with Crippen LogP contribution in [0.1, 0.15) is 33.3 Å². The number of allylic oxidation sites excluding steroid dienone is 2. The molecule has 1 aliphatic heterocycles. The van der Waals surface area contributed by atoms with E-state index in [0.717, 1.165) is 5.69 Å². The number of aromatic nitrogens is 2. The second-order valence-corrected chi connectivity index (χ2v) is 7.34. The fourth-order valence-electron chi connectivity index (χ4n) is 4.15. The first-order valence-electron chi connectivity index (χ1n) is 9.28. The standard InChI is InChI=1S/C21H23N4O3/c1-14-24(13-15-12-22-8-9-23-15)18-19(25(14,2)10-11-28-3)21(27)17-7-5-4-6-16(17)20(18)26/h4-9,12,14H,10-11,13H2,1-3H3/q+1. The molecule has 2 atom stereocenters. The van der Waals surface area contributed by atoms with E-state index >= 15 is 0 Å². The molecule has 1 aromatic heterocycles. The molecule has 0 amide bonds. The van der Waals surface area contributed by atoms with Crippen LogP contribution in [0.2, 0.25) is 0 Å². The van der Waals surface area contributed by atoms with Crippen LogP contribution in [0.15, 0.2) is 54.3 Å². The maximum atomic E-state index is 13.4. The van der Waals surface area contributed by atoms with Crippen LogP contribution in [0.5, 0.6) is 0 Å². The van der Waals surface area contributed by atoms with Crippen molar-refractivity contribution >= 4 is 11.6 Å². The summed E-state index contributed by atoms with van der Waals surface area (Å²) in [5.74, 6) is -0.197. The molecule has 144 valence electrons. The lowest BCUT2D eigenvalue weighted by Gasteiger charge is -2.37. The van der Waals surface area contributed by atoms with Gasteiger partial charge in [-0.2, -0.15) is 0 Å². The van der Waals surface area contributed by atoms with Gasteiger partial charge in [0.2, 0.25) is 17.3 Å². The molecule has 7 nitrogen and oxygen atoms in total. The highest BCUT2D eigenvalue weighted by atomic mass is 16.5. The molecule has 0 spiro atoms. The Balaban J connectivity index is 1.85. The summed E-state index contributed by atoms with van der Waals surface area (Å²) >= 11 is 0. The summed E-state index contributed by atoms with van der Waals surface area (Å²) < 4.78 is 5.63. The van der Waals surface area contributed by atoms with Gasteiger partial charge in [-0.05, 0) is 0 Å². The van der Waals surface area contributed by atoms with Crippen molar-refractivity contribution < 1.29 is 18.8 Å².